The van der Waals surface area contributed by atoms with E-state index in [9.17, 15) is 0 Å². The summed E-state index contributed by atoms with van der Waals surface area (Å²) in [6.07, 6.45) is 1.14. The topological polar surface area (TPSA) is 30.5 Å². The maximum atomic E-state index is 5.49. The second-order valence-electron chi connectivity index (χ2n) is 4.00. The minimum Gasteiger partial charge on any atom is -0.468 e. The predicted octanol–water partition coefficient (Wildman–Crippen LogP) is 3.12. The highest BCUT2D eigenvalue weighted by molar-refractivity contribution is 5.30. The summed E-state index contributed by atoms with van der Waals surface area (Å²) in [5, 5.41) is 3.46. The van der Waals surface area contributed by atoms with Crippen molar-refractivity contribution in [1.82, 2.24) is 5.32 Å². The molecule has 17 heavy (non-hydrogen) atoms. The van der Waals surface area contributed by atoms with Crippen LogP contribution in [0.3, 0.4) is 0 Å². The van der Waals surface area contributed by atoms with Crippen molar-refractivity contribution in [3.8, 4) is 5.75 Å². The van der Waals surface area contributed by atoms with Crippen molar-refractivity contribution in [3.05, 3.63) is 29.8 Å². The summed E-state index contributed by atoms with van der Waals surface area (Å²) in [6.45, 7) is 8.31. The van der Waals surface area contributed by atoms with Gasteiger partial charge in [-0.25, -0.2) is 0 Å². The predicted molar refractivity (Wildman–Crippen MR) is 70.3 cm³/mol. The molecule has 0 aromatic heterocycles. The number of hydrogen-bond donors (Lipinski definition) is 1. The van der Waals surface area contributed by atoms with Crippen LogP contribution in [0.25, 0.3) is 0 Å². The molecule has 96 valence electrons. The molecule has 0 spiro atoms. The van der Waals surface area contributed by atoms with Crippen molar-refractivity contribution in [1.29, 1.82) is 0 Å². The van der Waals surface area contributed by atoms with Crippen LogP contribution in [0.15, 0.2) is 24.3 Å². The van der Waals surface area contributed by atoms with Gasteiger partial charge in [-0.2, -0.15) is 0 Å². The molecule has 1 N–H and O–H groups in total. The zero-order valence-electron chi connectivity index (χ0n) is 11.0. The van der Waals surface area contributed by atoms with Gasteiger partial charge in [0.2, 0.25) is 0 Å². The molecular weight excluding hydrogens is 214 g/mol. The quantitative estimate of drug-likeness (QED) is 0.556. The highest BCUT2D eigenvalue weighted by atomic mass is 16.7. The first-order chi connectivity index (χ1) is 8.27. The molecule has 0 saturated carbocycles. The normalized spacial score (nSPS) is 12.4. The third-order valence-electron chi connectivity index (χ3n) is 2.57. The summed E-state index contributed by atoms with van der Waals surface area (Å²) < 4.78 is 10.7. The van der Waals surface area contributed by atoms with Crippen LogP contribution in [0.4, 0.5) is 0 Å². The van der Waals surface area contributed by atoms with Crippen LogP contribution in [-0.4, -0.2) is 19.9 Å². The SMILES string of the molecule is CCCNC(C)c1cccc(OCOCC)c1. The summed E-state index contributed by atoms with van der Waals surface area (Å²) >= 11 is 0. The number of rotatable bonds is 8. The first kappa shape index (κ1) is 14.0. The zero-order valence-corrected chi connectivity index (χ0v) is 11.0. The van der Waals surface area contributed by atoms with Crippen molar-refractivity contribution in [3.63, 3.8) is 0 Å². The molecule has 1 aromatic carbocycles. The minimum atomic E-state index is 0.316. The van der Waals surface area contributed by atoms with Crippen molar-refractivity contribution in [2.75, 3.05) is 19.9 Å². The average Bonchev–Trinajstić information content (AvgIpc) is 2.36. The second-order valence-corrected chi connectivity index (χ2v) is 4.00. The van der Waals surface area contributed by atoms with Crippen molar-refractivity contribution in [2.24, 2.45) is 0 Å². The molecule has 1 atom stereocenters. The molecule has 1 aromatic rings. The van der Waals surface area contributed by atoms with Gasteiger partial charge in [-0.05, 0) is 44.5 Å². The molecule has 1 unspecified atom stereocenters. The maximum Gasteiger partial charge on any atom is 0.189 e. The van der Waals surface area contributed by atoms with Crippen LogP contribution in [0, 0.1) is 0 Å². The Morgan fingerprint density at radius 2 is 2.12 bits per heavy atom. The Labute approximate surface area is 104 Å². The fourth-order valence-electron chi connectivity index (χ4n) is 1.55. The molecular formula is C14H23NO2. The number of nitrogens with one attached hydrogen (secondary N) is 1. The summed E-state index contributed by atoms with van der Waals surface area (Å²) in [5.41, 5.74) is 1.24. The van der Waals surface area contributed by atoms with Gasteiger partial charge >= 0.3 is 0 Å². The number of hydrogen-bond acceptors (Lipinski definition) is 3. The molecule has 0 aliphatic rings. The van der Waals surface area contributed by atoms with E-state index in [4.69, 9.17) is 9.47 Å². The van der Waals surface area contributed by atoms with Gasteiger partial charge in [0.1, 0.15) is 5.75 Å². The van der Waals surface area contributed by atoms with E-state index in [1.54, 1.807) is 0 Å². The van der Waals surface area contributed by atoms with E-state index in [0.717, 1.165) is 18.7 Å². The van der Waals surface area contributed by atoms with Gasteiger partial charge in [0.15, 0.2) is 6.79 Å². The molecule has 0 radical (unpaired) electrons. The lowest BCUT2D eigenvalue weighted by molar-refractivity contribution is 0.0223. The van der Waals surface area contributed by atoms with Crippen LogP contribution in [0.5, 0.6) is 5.75 Å². The van der Waals surface area contributed by atoms with E-state index in [0.29, 0.717) is 19.4 Å². The zero-order chi connectivity index (χ0) is 12.5. The Morgan fingerprint density at radius 1 is 1.29 bits per heavy atom. The third kappa shape index (κ3) is 5.20. The van der Waals surface area contributed by atoms with Crippen molar-refractivity contribution >= 4 is 0 Å². The highest BCUT2D eigenvalue weighted by Crippen LogP contribution is 2.19. The standard InChI is InChI=1S/C14H23NO2/c1-4-9-15-12(3)13-7-6-8-14(10-13)17-11-16-5-2/h6-8,10,12,15H,4-5,9,11H2,1-3H3. The van der Waals surface area contributed by atoms with Crippen molar-refractivity contribution < 1.29 is 9.47 Å². The Bertz CT molecular complexity index is 315. The van der Waals surface area contributed by atoms with Gasteiger partial charge in [-0.3, -0.25) is 0 Å². The fourth-order valence-corrected chi connectivity index (χ4v) is 1.55. The van der Waals surface area contributed by atoms with Gasteiger partial charge in [0.05, 0.1) is 0 Å². The largest absolute Gasteiger partial charge is 0.468 e. The Morgan fingerprint density at radius 3 is 2.82 bits per heavy atom. The van der Waals surface area contributed by atoms with Gasteiger partial charge < -0.3 is 14.8 Å². The van der Waals surface area contributed by atoms with Crippen LogP contribution in [0.2, 0.25) is 0 Å². The molecule has 0 bridgehead atoms. The smallest absolute Gasteiger partial charge is 0.189 e. The Hall–Kier alpha value is -1.06. The summed E-state index contributed by atoms with van der Waals surface area (Å²) in [7, 11) is 0. The molecule has 0 aliphatic heterocycles. The molecule has 0 fully saturated rings. The molecule has 0 saturated heterocycles. The van der Waals surface area contributed by atoms with E-state index in [-0.39, 0.29) is 0 Å². The Kier molecular flexibility index (Phi) is 6.67. The third-order valence-corrected chi connectivity index (χ3v) is 2.57. The van der Waals surface area contributed by atoms with Gasteiger partial charge in [0.25, 0.3) is 0 Å². The average molecular weight is 237 g/mol. The summed E-state index contributed by atoms with van der Waals surface area (Å²) in [6, 6.07) is 8.49. The Balaban J connectivity index is 2.52. The van der Waals surface area contributed by atoms with Crippen LogP contribution in [0.1, 0.15) is 38.8 Å². The van der Waals surface area contributed by atoms with E-state index in [2.05, 4.69) is 31.3 Å². The van der Waals surface area contributed by atoms with Crippen molar-refractivity contribution in [2.45, 2.75) is 33.2 Å². The maximum absolute atomic E-state index is 5.49. The monoisotopic (exact) mass is 237 g/mol. The van der Waals surface area contributed by atoms with E-state index < -0.39 is 0 Å². The lowest BCUT2D eigenvalue weighted by Crippen LogP contribution is -2.19. The summed E-state index contributed by atoms with van der Waals surface area (Å²) in [4.78, 5) is 0. The molecule has 0 aliphatic carbocycles. The highest BCUT2D eigenvalue weighted by Gasteiger charge is 2.04. The molecule has 0 amide bonds. The van der Waals surface area contributed by atoms with Gasteiger partial charge in [-0.1, -0.05) is 19.1 Å². The molecule has 3 heteroatoms. The van der Waals surface area contributed by atoms with Gasteiger partial charge in [-0.15, -0.1) is 0 Å². The minimum absolute atomic E-state index is 0.316. The van der Waals surface area contributed by atoms with E-state index in [1.165, 1.54) is 5.56 Å². The second kappa shape index (κ2) is 8.09. The number of ether oxygens (including phenoxy) is 2. The first-order valence-electron chi connectivity index (χ1n) is 6.31. The fraction of sp³-hybridized carbons (Fsp3) is 0.571. The summed E-state index contributed by atoms with van der Waals surface area (Å²) in [5.74, 6) is 0.862. The molecule has 0 heterocycles. The number of benzene rings is 1. The van der Waals surface area contributed by atoms with Gasteiger partial charge in [0, 0.05) is 12.6 Å². The molecule has 3 nitrogen and oxygen atoms in total. The van der Waals surface area contributed by atoms with E-state index >= 15 is 0 Å². The van der Waals surface area contributed by atoms with Crippen LogP contribution in [-0.2, 0) is 4.74 Å². The van der Waals surface area contributed by atoms with Crippen LogP contribution >= 0.6 is 0 Å². The van der Waals surface area contributed by atoms with E-state index in [1.807, 2.05) is 19.1 Å². The lowest BCUT2D eigenvalue weighted by Gasteiger charge is -2.15. The molecule has 1 rings (SSSR count). The van der Waals surface area contributed by atoms with Crippen LogP contribution < -0.4 is 10.1 Å². The lowest BCUT2D eigenvalue weighted by atomic mass is 10.1. The first-order valence-corrected chi connectivity index (χ1v) is 6.31.